The summed E-state index contributed by atoms with van der Waals surface area (Å²) in [6.45, 7) is 0. The number of methoxy groups -OCH3 is 1. The number of halogens is 2. The standard InChI is InChI=1S/C17H19F2N3O3/c1-25-17(24)12-6-13-10(8-20-22-13)5-14(12)21-16(23)11(7-15(18)19)9-3-2-4-9/h5-6,8-9,11,15H,2-4,7H2,1H3,(H,20,22)(H,21,23). The van der Waals surface area contributed by atoms with Gasteiger partial charge in [-0.1, -0.05) is 6.42 Å². The van der Waals surface area contributed by atoms with E-state index >= 15 is 0 Å². The van der Waals surface area contributed by atoms with Crippen molar-refractivity contribution < 1.29 is 23.1 Å². The van der Waals surface area contributed by atoms with Crippen LogP contribution in [-0.4, -0.2) is 35.6 Å². The number of carbonyl (C=O) groups is 2. The second-order valence-electron chi connectivity index (χ2n) is 6.26. The monoisotopic (exact) mass is 351 g/mol. The van der Waals surface area contributed by atoms with E-state index in [1.54, 1.807) is 12.3 Å². The third-order valence-electron chi connectivity index (χ3n) is 4.73. The number of carbonyl (C=O) groups excluding carboxylic acids is 2. The predicted molar refractivity (Wildman–Crippen MR) is 87.5 cm³/mol. The van der Waals surface area contributed by atoms with Crippen molar-refractivity contribution in [2.45, 2.75) is 32.1 Å². The van der Waals surface area contributed by atoms with Gasteiger partial charge < -0.3 is 10.1 Å². The number of aromatic nitrogens is 2. The molecule has 8 heteroatoms. The van der Waals surface area contributed by atoms with Crippen LogP contribution in [0.4, 0.5) is 14.5 Å². The van der Waals surface area contributed by atoms with Crippen LogP contribution in [0, 0.1) is 11.8 Å². The number of hydrogen-bond donors (Lipinski definition) is 2. The normalized spacial score (nSPS) is 15.8. The van der Waals surface area contributed by atoms with Gasteiger partial charge in [0.1, 0.15) is 0 Å². The van der Waals surface area contributed by atoms with E-state index in [2.05, 4.69) is 15.5 Å². The third-order valence-corrected chi connectivity index (χ3v) is 4.73. The van der Waals surface area contributed by atoms with Crippen molar-refractivity contribution in [2.75, 3.05) is 12.4 Å². The highest BCUT2D eigenvalue weighted by atomic mass is 19.3. The van der Waals surface area contributed by atoms with Crippen molar-refractivity contribution in [3.05, 3.63) is 23.9 Å². The average molecular weight is 351 g/mol. The van der Waals surface area contributed by atoms with E-state index in [4.69, 9.17) is 4.74 Å². The molecule has 2 N–H and O–H groups in total. The largest absolute Gasteiger partial charge is 0.465 e. The number of hydrogen-bond acceptors (Lipinski definition) is 4. The number of anilines is 1. The fraction of sp³-hybridized carbons (Fsp3) is 0.471. The predicted octanol–water partition coefficient (Wildman–Crippen LogP) is 3.36. The fourth-order valence-electron chi connectivity index (χ4n) is 3.15. The first kappa shape index (κ1) is 17.3. The van der Waals surface area contributed by atoms with E-state index in [1.807, 2.05) is 0 Å². The highest BCUT2D eigenvalue weighted by Crippen LogP contribution is 2.37. The number of fused-ring (bicyclic) bond motifs is 1. The number of nitrogens with one attached hydrogen (secondary N) is 2. The Hall–Kier alpha value is -2.51. The van der Waals surface area contributed by atoms with E-state index in [0.717, 1.165) is 19.3 Å². The van der Waals surface area contributed by atoms with E-state index in [1.165, 1.54) is 13.2 Å². The zero-order valence-corrected chi connectivity index (χ0v) is 13.7. The Morgan fingerprint density at radius 1 is 1.40 bits per heavy atom. The highest BCUT2D eigenvalue weighted by molar-refractivity contribution is 6.05. The Morgan fingerprint density at radius 3 is 2.76 bits per heavy atom. The van der Waals surface area contributed by atoms with Crippen LogP contribution in [0.25, 0.3) is 10.9 Å². The van der Waals surface area contributed by atoms with Crippen LogP contribution in [0.1, 0.15) is 36.0 Å². The van der Waals surface area contributed by atoms with E-state index in [9.17, 15) is 18.4 Å². The van der Waals surface area contributed by atoms with E-state index < -0.39 is 30.6 Å². The Morgan fingerprint density at radius 2 is 2.16 bits per heavy atom. The molecule has 1 aliphatic rings. The van der Waals surface area contributed by atoms with Crippen molar-refractivity contribution in [1.82, 2.24) is 10.2 Å². The van der Waals surface area contributed by atoms with Crippen LogP contribution in [-0.2, 0) is 9.53 Å². The maximum atomic E-state index is 12.9. The second kappa shape index (κ2) is 7.16. The molecular formula is C17H19F2N3O3. The average Bonchev–Trinajstić information content (AvgIpc) is 2.97. The van der Waals surface area contributed by atoms with Gasteiger partial charge in [0.2, 0.25) is 12.3 Å². The summed E-state index contributed by atoms with van der Waals surface area (Å²) in [6.07, 6.45) is 1.02. The number of H-pyrrole nitrogens is 1. The molecule has 1 aromatic carbocycles. The summed E-state index contributed by atoms with van der Waals surface area (Å²) < 4.78 is 30.5. The summed E-state index contributed by atoms with van der Waals surface area (Å²) in [5.41, 5.74) is 1.00. The molecule has 1 amide bonds. The maximum Gasteiger partial charge on any atom is 0.340 e. The van der Waals surface area contributed by atoms with Gasteiger partial charge >= 0.3 is 5.97 Å². The molecule has 1 atom stereocenters. The van der Waals surface area contributed by atoms with Crippen molar-refractivity contribution in [2.24, 2.45) is 11.8 Å². The minimum Gasteiger partial charge on any atom is -0.465 e. The number of esters is 1. The Balaban J connectivity index is 1.89. The lowest BCUT2D eigenvalue weighted by molar-refractivity contribution is -0.124. The van der Waals surface area contributed by atoms with Gasteiger partial charge in [-0.05, 0) is 30.9 Å². The van der Waals surface area contributed by atoms with Gasteiger partial charge in [-0.25, -0.2) is 13.6 Å². The van der Waals surface area contributed by atoms with Crippen molar-refractivity contribution >= 4 is 28.5 Å². The molecular weight excluding hydrogens is 332 g/mol. The maximum absolute atomic E-state index is 12.9. The smallest absolute Gasteiger partial charge is 0.340 e. The number of rotatable bonds is 6. The minimum atomic E-state index is -2.55. The molecule has 3 rings (SSSR count). The van der Waals surface area contributed by atoms with Gasteiger partial charge in [-0.15, -0.1) is 0 Å². The summed E-state index contributed by atoms with van der Waals surface area (Å²) >= 11 is 0. The van der Waals surface area contributed by atoms with Crippen LogP contribution >= 0.6 is 0 Å². The molecule has 2 aromatic rings. The number of nitrogens with zero attached hydrogens (tertiary/aromatic N) is 1. The third kappa shape index (κ3) is 3.62. The number of amides is 1. The summed E-state index contributed by atoms with van der Waals surface area (Å²) in [6, 6.07) is 3.11. The molecule has 1 saturated carbocycles. The molecule has 1 aliphatic carbocycles. The first-order valence-electron chi connectivity index (χ1n) is 8.14. The van der Waals surface area contributed by atoms with Gasteiger partial charge in [0.25, 0.3) is 0 Å². The SMILES string of the molecule is COC(=O)c1cc2[nH]ncc2cc1NC(=O)C(CC(F)F)C1CCC1. The van der Waals surface area contributed by atoms with E-state index in [0.29, 0.717) is 10.9 Å². The van der Waals surface area contributed by atoms with Crippen molar-refractivity contribution in [3.8, 4) is 0 Å². The van der Waals surface area contributed by atoms with Crippen molar-refractivity contribution in [3.63, 3.8) is 0 Å². The lowest BCUT2D eigenvalue weighted by Gasteiger charge is -2.32. The van der Waals surface area contributed by atoms with Gasteiger partial charge in [0.15, 0.2) is 0 Å². The summed E-state index contributed by atoms with van der Waals surface area (Å²) in [7, 11) is 1.24. The fourth-order valence-corrected chi connectivity index (χ4v) is 3.15. The van der Waals surface area contributed by atoms with Crippen LogP contribution in [0.15, 0.2) is 18.3 Å². The molecule has 134 valence electrons. The Kier molecular flexibility index (Phi) is 4.96. The topological polar surface area (TPSA) is 84.1 Å². The van der Waals surface area contributed by atoms with Gasteiger partial charge in [-0.2, -0.15) is 5.10 Å². The van der Waals surface area contributed by atoms with Crippen LogP contribution in [0.2, 0.25) is 0 Å². The molecule has 1 aromatic heterocycles. The van der Waals surface area contributed by atoms with Gasteiger partial charge in [-0.3, -0.25) is 9.89 Å². The number of benzene rings is 1. The molecule has 0 aliphatic heterocycles. The van der Waals surface area contributed by atoms with Crippen LogP contribution in [0.3, 0.4) is 0 Å². The first-order chi connectivity index (χ1) is 12.0. The molecule has 0 spiro atoms. The Labute approximate surface area is 142 Å². The summed E-state index contributed by atoms with van der Waals surface area (Å²) in [5, 5.41) is 9.96. The number of aromatic amines is 1. The highest BCUT2D eigenvalue weighted by Gasteiger charge is 2.35. The zero-order chi connectivity index (χ0) is 18.0. The summed E-state index contributed by atoms with van der Waals surface area (Å²) in [4.78, 5) is 24.6. The molecule has 0 radical (unpaired) electrons. The van der Waals surface area contributed by atoms with Crippen LogP contribution in [0.5, 0.6) is 0 Å². The molecule has 25 heavy (non-hydrogen) atoms. The zero-order valence-electron chi connectivity index (χ0n) is 13.7. The number of ether oxygens (including phenoxy) is 1. The first-order valence-corrected chi connectivity index (χ1v) is 8.14. The van der Waals surface area contributed by atoms with Crippen LogP contribution < -0.4 is 5.32 Å². The van der Waals surface area contributed by atoms with E-state index in [-0.39, 0.29) is 17.2 Å². The number of alkyl halides is 2. The molecule has 0 saturated heterocycles. The second-order valence-corrected chi connectivity index (χ2v) is 6.26. The Bertz CT molecular complexity index is 787. The van der Waals surface area contributed by atoms with Crippen molar-refractivity contribution in [1.29, 1.82) is 0 Å². The quantitative estimate of drug-likeness (QED) is 0.782. The van der Waals surface area contributed by atoms with Gasteiger partial charge in [0.05, 0.1) is 30.1 Å². The molecule has 0 bridgehead atoms. The lowest BCUT2D eigenvalue weighted by atomic mass is 9.74. The minimum absolute atomic E-state index is 0.0340. The molecule has 6 nitrogen and oxygen atoms in total. The molecule has 1 unspecified atom stereocenters. The molecule has 1 fully saturated rings. The molecule has 1 heterocycles. The van der Waals surface area contributed by atoms with Gasteiger partial charge in [0, 0.05) is 17.7 Å². The lowest BCUT2D eigenvalue weighted by Crippen LogP contribution is -2.34. The summed E-state index contributed by atoms with van der Waals surface area (Å²) in [5.74, 6) is -1.91.